The molecule has 1 atom stereocenters. The van der Waals surface area contributed by atoms with E-state index in [-0.39, 0.29) is 5.56 Å². The molecule has 200 valence electrons. The molecule has 1 unspecified atom stereocenters. The number of aryl methyl sites for hydroxylation is 2. The predicted octanol–water partition coefficient (Wildman–Crippen LogP) is 4.96. The molecule has 2 aromatic carbocycles. The first-order chi connectivity index (χ1) is 19.5. The summed E-state index contributed by atoms with van der Waals surface area (Å²) in [6.07, 6.45) is 5.22. The highest BCUT2D eigenvalue weighted by molar-refractivity contribution is 5.81. The summed E-state index contributed by atoms with van der Waals surface area (Å²) in [7, 11) is 0. The molecule has 0 amide bonds. The van der Waals surface area contributed by atoms with Crippen molar-refractivity contribution in [2.24, 2.45) is 0 Å². The normalized spacial score (nSPS) is 12.3. The highest BCUT2D eigenvalue weighted by Crippen LogP contribution is 2.31. The minimum Gasteiger partial charge on any atom is -0.467 e. The molecule has 0 aliphatic heterocycles. The summed E-state index contributed by atoms with van der Waals surface area (Å²) in [6, 6.07) is 23.4. The van der Waals surface area contributed by atoms with Gasteiger partial charge in [-0.2, -0.15) is 0 Å². The highest BCUT2D eigenvalue weighted by Gasteiger charge is 2.31. The quantitative estimate of drug-likeness (QED) is 0.281. The lowest BCUT2D eigenvalue weighted by molar-refractivity contribution is 0.193. The number of nitrogens with zero attached hydrogens (tertiary/aromatic N) is 6. The van der Waals surface area contributed by atoms with Crippen LogP contribution in [0.3, 0.4) is 0 Å². The van der Waals surface area contributed by atoms with Gasteiger partial charge in [-0.05, 0) is 88.3 Å². The zero-order chi connectivity index (χ0) is 27.5. The molecule has 0 aliphatic rings. The summed E-state index contributed by atoms with van der Waals surface area (Å²) in [5.74, 6) is 1.26. The zero-order valence-electron chi connectivity index (χ0n) is 22.4. The van der Waals surface area contributed by atoms with Crippen LogP contribution in [0.5, 0.6) is 0 Å². The number of hydrogen-bond acceptors (Lipinski definition) is 7. The Balaban J connectivity index is 1.54. The maximum Gasteiger partial charge on any atom is 0.253 e. The van der Waals surface area contributed by atoms with Gasteiger partial charge in [-0.25, -0.2) is 4.68 Å². The maximum atomic E-state index is 13.8. The van der Waals surface area contributed by atoms with Crippen LogP contribution in [0.1, 0.15) is 45.4 Å². The van der Waals surface area contributed by atoms with Crippen molar-refractivity contribution < 1.29 is 4.42 Å². The Morgan fingerprint density at radius 1 is 0.950 bits per heavy atom. The third-order valence-corrected chi connectivity index (χ3v) is 7.17. The first kappa shape index (κ1) is 25.4. The van der Waals surface area contributed by atoms with E-state index in [0.29, 0.717) is 36.8 Å². The van der Waals surface area contributed by atoms with Gasteiger partial charge in [0.1, 0.15) is 18.3 Å². The van der Waals surface area contributed by atoms with E-state index in [9.17, 15) is 4.79 Å². The summed E-state index contributed by atoms with van der Waals surface area (Å²) < 4.78 is 7.30. The second kappa shape index (κ2) is 11.1. The minimum absolute atomic E-state index is 0.183. The summed E-state index contributed by atoms with van der Waals surface area (Å²) in [5, 5.41) is 13.8. The number of aromatic nitrogens is 6. The molecular formula is C31H29N7O2. The van der Waals surface area contributed by atoms with E-state index in [1.165, 1.54) is 0 Å². The second-order valence-electron chi connectivity index (χ2n) is 10.0. The topological polar surface area (TPSA) is 106 Å². The number of pyridine rings is 2. The number of nitrogens with one attached hydrogen (secondary N) is 1. The molecule has 0 saturated heterocycles. The SMILES string of the molecule is Cc1cc2cc(C(c3nnnn3Cc3ccco3)N(Cc3ccccc3)Cc3cccnc3)c(=O)[nH]c2cc1C. The van der Waals surface area contributed by atoms with Crippen LogP contribution in [0.2, 0.25) is 0 Å². The average Bonchev–Trinajstić information content (AvgIpc) is 3.64. The van der Waals surface area contributed by atoms with Crippen LogP contribution in [-0.4, -0.2) is 35.1 Å². The third kappa shape index (κ3) is 5.32. The van der Waals surface area contributed by atoms with E-state index in [1.807, 2.05) is 67.7 Å². The molecular weight excluding hydrogens is 502 g/mol. The molecule has 6 aromatic rings. The lowest BCUT2D eigenvalue weighted by Gasteiger charge is -2.31. The molecule has 6 rings (SSSR count). The highest BCUT2D eigenvalue weighted by atomic mass is 16.3. The number of aromatic amines is 1. The Bertz CT molecular complexity index is 1740. The van der Waals surface area contributed by atoms with Crippen molar-refractivity contribution in [2.45, 2.75) is 39.5 Å². The number of benzene rings is 2. The van der Waals surface area contributed by atoms with Crippen molar-refractivity contribution in [3.05, 3.63) is 141 Å². The summed E-state index contributed by atoms with van der Waals surface area (Å²) >= 11 is 0. The van der Waals surface area contributed by atoms with Crippen molar-refractivity contribution in [2.75, 3.05) is 0 Å². The van der Waals surface area contributed by atoms with Crippen LogP contribution >= 0.6 is 0 Å². The number of H-pyrrole nitrogens is 1. The zero-order valence-corrected chi connectivity index (χ0v) is 22.4. The molecule has 4 aromatic heterocycles. The van der Waals surface area contributed by atoms with Crippen molar-refractivity contribution in [1.82, 2.24) is 35.1 Å². The number of hydrogen-bond donors (Lipinski definition) is 1. The number of furan rings is 1. The van der Waals surface area contributed by atoms with Gasteiger partial charge < -0.3 is 9.40 Å². The minimum atomic E-state index is -0.569. The second-order valence-corrected chi connectivity index (χ2v) is 10.0. The molecule has 0 fully saturated rings. The Morgan fingerprint density at radius 3 is 2.52 bits per heavy atom. The smallest absolute Gasteiger partial charge is 0.253 e. The Labute approximate surface area is 231 Å². The summed E-state index contributed by atoms with van der Waals surface area (Å²) in [5.41, 5.74) is 5.57. The van der Waals surface area contributed by atoms with Crippen molar-refractivity contribution in [1.29, 1.82) is 0 Å². The number of rotatable bonds is 9. The Morgan fingerprint density at radius 2 is 1.75 bits per heavy atom. The fourth-order valence-electron chi connectivity index (χ4n) is 5.05. The van der Waals surface area contributed by atoms with Crippen LogP contribution < -0.4 is 5.56 Å². The molecule has 0 spiro atoms. The van der Waals surface area contributed by atoms with Gasteiger partial charge in [0.2, 0.25) is 0 Å². The van der Waals surface area contributed by atoms with Crippen LogP contribution in [0, 0.1) is 13.8 Å². The lowest BCUT2D eigenvalue weighted by atomic mass is 9.99. The lowest BCUT2D eigenvalue weighted by Crippen LogP contribution is -2.35. The molecule has 0 aliphatic carbocycles. The van der Waals surface area contributed by atoms with Crippen LogP contribution in [0.25, 0.3) is 10.9 Å². The van der Waals surface area contributed by atoms with Gasteiger partial charge in [0.25, 0.3) is 5.56 Å². The molecule has 1 N–H and O–H groups in total. The van der Waals surface area contributed by atoms with Gasteiger partial charge >= 0.3 is 0 Å². The van der Waals surface area contributed by atoms with Crippen molar-refractivity contribution in [3.63, 3.8) is 0 Å². The molecule has 9 heteroatoms. The maximum absolute atomic E-state index is 13.8. The van der Waals surface area contributed by atoms with Crippen LogP contribution in [0.15, 0.2) is 101 Å². The Hall–Kier alpha value is -4.89. The summed E-state index contributed by atoms with van der Waals surface area (Å²) in [6.45, 7) is 5.53. The first-order valence-electron chi connectivity index (χ1n) is 13.1. The van der Waals surface area contributed by atoms with Gasteiger partial charge in [-0.15, -0.1) is 5.10 Å². The van der Waals surface area contributed by atoms with Gasteiger partial charge in [0.15, 0.2) is 5.82 Å². The molecule has 0 bridgehead atoms. The van der Waals surface area contributed by atoms with Crippen LogP contribution in [0.4, 0.5) is 0 Å². The first-order valence-corrected chi connectivity index (χ1v) is 13.1. The van der Waals surface area contributed by atoms with Gasteiger partial charge in [-0.1, -0.05) is 36.4 Å². The van der Waals surface area contributed by atoms with Crippen molar-refractivity contribution >= 4 is 10.9 Å². The number of fused-ring (bicyclic) bond motifs is 1. The molecule has 4 heterocycles. The van der Waals surface area contributed by atoms with Crippen molar-refractivity contribution in [3.8, 4) is 0 Å². The molecule has 40 heavy (non-hydrogen) atoms. The molecule has 9 nitrogen and oxygen atoms in total. The van der Waals surface area contributed by atoms with Gasteiger partial charge in [0.05, 0.1) is 6.26 Å². The van der Waals surface area contributed by atoms with E-state index in [2.05, 4.69) is 55.5 Å². The number of tetrazole rings is 1. The fraction of sp³-hybridized carbons (Fsp3) is 0.194. The third-order valence-electron chi connectivity index (χ3n) is 7.17. The van der Waals surface area contributed by atoms with Gasteiger partial charge in [-0.3, -0.25) is 14.7 Å². The standard InChI is InChI=1S/C31H29N7O2/c1-21-14-25-16-27(31(39)33-28(25)15-22(21)2)29(30-34-35-36-38(30)20-26-11-7-13-40-26)37(18-23-8-4-3-5-9-23)19-24-10-6-12-32-17-24/h3-17,29H,18-20H2,1-2H3,(H,33,39). The van der Waals surface area contributed by atoms with E-state index in [1.54, 1.807) is 17.1 Å². The Kier molecular flexibility index (Phi) is 7.03. The monoisotopic (exact) mass is 531 g/mol. The van der Waals surface area contributed by atoms with E-state index < -0.39 is 6.04 Å². The molecule has 0 radical (unpaired) electrons. The van der Waals surface area contributed by atoms with E-state index >= 15 is 0 Å². The molecule has 0 saturated carbocycles. The van der Waals surface area contributed by atoms with E-state index in [4.69, 9.17) is 4.42 Å². The fourth-order valence-corrected chi connectivity index (χ4v) is 5.05. The average molecular weight is 532 g/mol. The van der Waals surface area contributed by atoms with Crippen LogP contribution in [-0.2, 0) is 19.6 Å². The summed E-state index contributed by atoms with van der Waals surface area (Å²) in [4.78, 5) is 23.5. The van der Waals surface area contributed by atoms with E-state index in [0.717, 1.165) is 33.2 Å². The predicted molar refractivity (Wildman–Crippen MR) is 151 cm³/mol. The largest absolute Gasteiger partial charge is 0.467 e. The van der Waals surface area contributed by atoms with Gasteiger partial charge in [0, 0.05) is 36.6 Å².